The van der Waals surface area contributed by atoms with Crippen LogP contribution in [0.4, 0.5) is 0 Å². The molecule has 1 heterocycles. The van der Waals surface area contributed by atoms with Gasteiger partial charge >= 0.3 is 0 Å². The molecule has 13 heavy (non-hydrogen) atoms. The molecule has 72 valence electrons. The number of hydrogen-bond acceptors (Lipinski definition) is 4. The molecule has 0 saturated carbocycles. The largest absolute Gasteiger partial charge is 0.468 e. The van der Waals surface area contributed by atoms with Crippen LogP contribution in [0.25, 0.3) is 0 Å². The van der Waals surface area contributed by atoms with E-state index in [2.05, 4.69) is 0 Å². The number of rotatable bonds is 5. The molecule has 1 rings (SSSR count). The third kappa shape index (κ3) is 3.52. The van der Waals surface area contributed by atoms with Crippen molar-refractivity contribution < 1.29 is 9.21 Å². The predicted molar refractivity (Wildman–Crippen MR) is 52.0 cm³/mol. The fourth-order valence-electron chi connectivity index (χ4n) is 0.763. The van der Waals surface area contributed by atoms with Crippen molar-refractivity contribution in [2.45, 2.75) is 11.8 Å². The summed E-state index contributed by atoms with van der Waals surface area (Å²) in [5, 5.41) is 0. The summed E-state index contributed by atoms with van der Waals surface area (Å²) >= 11 is 1.53. The smallest absolute Gasteiger partial charge is 0.235 e. The zero-order valence-electron chi connectivity index (χ0n) is 7.10. The number of carbonyl (C=O) groups is 1. The number of thioether (sulfide) groups is 1. The predicted octanol–water partition coefficient (Wildman–Crippen LogP) is 0.325. The van der Waals surface area contributed by atoms with Gasteiger partial charge in [-0.05, 0) is 12.1 Å². The van der Waals surface area contributed by atoms with Crippen LogP contribution in [0.1, 0.15) is 5.76 Å². The van der Waals surface area contributed by atoms with Crippen LogP contribution < -0.4 is 11.5 Å². The summed E-state index contributed by atoms with van der Waals surface area (Å²) in [4.78, 5) is 10.6. The van der Waals surface area contributed by atoms with Gasteiger partial charge in [0.2, 0.25) is 5.91 Å². The molecule has 4 nitrogen and oxygen atoms in total. The molecular formula is C8H12N2O2S. The number of amides is 1. The molecule has 0 bridgehead atoms. The van der Waals surface area contributed by atoms with E-state index in [1.807, 2.05) is 12.1 Å². The zero-order valence-corrected chi connectivity index (χ0v) is 7.92. The number of nitrogens with two attached hydrogens (primary N) is 2. The second-order valence-corrected chi connectivity index (χ2v) is 3.63. The first kappa shape index (κ1) is 10.1. The fraction of sp³-hybridized carbons (Fsp3) is 0.375. The van der Waals surface area contributed by atoms with E-state index in [1.165, 1.54) is 11.8 Å². The first-order valence-corrected chi connectivity index (χ1v) is 5.00. The van der Waals surface area contributed by atoms with Gasteiger partial charge in [0.1, 0.15) is 5.76 Å². The van der Waals surface area contributed by atoms with E-state index in [-0.39, 0.29) is 0 Å². The van der Waals surface area contributed by atoms with Crippen LogP contribution in [0.5, 0.6) is 0 Å². The van der Waals surface area contributed by atoms with E-state index < -0.39 is 11.9 Å². The molecular weight excluding hydrogens is 188 g/mol. The van der Waals surface area contributed by atoms with Crippen LogP contribution in [-0.4, -0.2) is 17.7 Å². The first-order valence-electron chi connectivity index (χ1n) is 3.85. The van der Waals surface area contributed by atoms with E-state index >= 15 is 0 Å². The Kier molecular flexibility index (Phi) is 3.85. The Labute approximate surface area is 80.6 Å². The van der Waals surface area contributed by atoms with Crippen LogP contribution >= 0.6 is 11.8 Å². The lowest BCUT2D eigenvalue weighted by molar-refractivity contribution is -0.118. The van der Waals surface area contributed by atoms with Crippen LogP contribution in [0.15, 0.2) is 22.8 Å². The molecule has 0 spiro atoms. The van der Waals surface area contributed by atoms with E-state index in [0.717, 1.165) is 5.76 Å². The normalized spacial score (nSPS) is 12.7. The molecule has 0 aliphatic heterocycles. The number of primary amides is 1. The van der Waals surface area contributed by atoms with Crippen molar-refractivity contribution in [2.24, 2.45) is 11.5 Å². The highest BCUT2D eigenvalue weighted by Gasteiger charge is 2.08. The topological polar surface area (TPSA) is 82.2 Å². The summed E-state index contributed by atoms with van der Waals surface area (Å²) < 4.78 is 5.10. The van der Waals surface area contributed by atoms with Crippen molar-refractivity contribution in [3.63, 3.8) is 0 Å². The average molecular weight is 200 g/mol. The first-order chi connectivity index (χ1) is 6.20. The lowest BCUT2D eigenvalue weighted by Crippen LogP contribution is -2.38. The van der Waals surface area contributed by atoms with Crippen molar-refractivity contribution in [1.29, 1.82) is 0 Å². The summed E-state index contributed by atoms with van der Waals surface area (Å²) in [6, 6.07) is 3.13. The minimum atomic E-state index is -0.569. The summed E-state index contributed by atoms with van der Waals surface area (Å²) in [5.74, 6) is 1.65. The highest BCUT2D eigenvalue weighted by Crippen LogP contribution is 2.12. The lowest BCUT2D eigenvalue weighted by Gasteiger charge is -2.04. The van der Waals surface area contributed by atoms with Crippen molar-refractivity contribution in [3.05, 3.63) is 24.2 Å². The van der Waals surface area contributed by atoms with Gasteiger partial charge in [-0.25, -0.2) is 0 Å². The van der Waals surface area contributed by atoms with Crippen molar-refractivity contribution in [1.82, 2.24) is 0 Å². The number of carbonyl (C=O) groups excluding carboxylic acids is 1. The van der Waals surface area contributed by atoms with Gasteiger partial charge in [-0.1, -0.05) is 0 Å². The molecule has 0 aliphatic carbocycles. The highest BCUT2D eigenvalue weighted by molar-refractivity contribution is 7.98. The molecule has 1 unspecified atom stereocenters. The van der Waals surface area contributed by atoms with Crippen LogP contribution in [0.3, 0.4) is 0 Å². The van der Waals surface area contributed by atoms with Gasteiger partial charge in [-0.15, -0.1) is 0 Å². The van der Waals surface area contributed by atoms with Crippen LogP contribution in [0, 0.1) is 0 Å². The molecule has 4 N–H and O–H groups in total. The van der Waals surface area contributed by atoms with E-state index in [9.17, 15) is 4.79 Å². The minimum Gasteiger partial charge on any atom is -0.468 e. The Morgan fingerprint density at radius 1 is 1.69 bits per heavy atom. The maximum Gasteiger partial charge on any atom is 0.235 e. The quantitative estimate of drug-likeness (QED) is 0.717. The molecule has 1 aromatic heterocycles. The molecule has 0 saturated heterocycles. The summed E-state index contributed by atoms with van der Waals surface area (Å²) in [6.45, 7) is 0. The van der Waals surface area contributed by atoms with Crippen LogP contribution in [-0.2, 0) is 10.5 Å². The minimum absolute atomic E-state index is 0.466. The second-order valence-electron chi connectivity index (χ2n) is 2.60. The molecule has 0 aromatic carbocycles. The maximum atomic E-state index is 10.6. The van der Waals surface area contributed by atoms with Crippen molar-refractivity contribution >= 4 is 17.7 Å². The monoisotopic (exact) mass is 200 g/mol. The summed E-state index contributed by atoms with van der Waals surface area (Å²) in [6.07, 6.45) is 1.61. The van der Waals surface area contributed by atoms with Gasteiger partial charge < -0.3 is 15.9 Å². The molecule has 5 heteroatoms. The van der Waals surface area contributed by atoms with E-state index in [0.29, 0.717) is 11.5 Å². The van der Waals surface area contributed by atoms with Gasteiger partial charge in [0, 0.05) is 5.75 Å². The zero-order chi connectivity index (χ0) is 9.68. The third-order valence-electron chi connectivity index (χ3n) is 1.49. The van der Waals surface area contributed by atoms with Gasteiger partial charge in [-0.2, -0.15) is 11.8 Å². The lowest BCUT2D eigenvalue weighted by atomic mass is 10.3. The van der Waals surface area contributed by atoms with Gasteiger partial charge in [0.05, 0.1) is 18.1 Å². The SMILES string of the molecule is NC(=O)C(N)CSCc1ccco1. The third-order valence-corrected chi connectivity index (χ3v) is 2.57. The summed E-state index contributed by atoms with van der Waals surface area (Å²) in [5.41, 5.74) is 10.4. The molecule has 0 radical (unpaired) electrons. The number of furan rings is 1. The summed E-state index contributed by atoms with van der Waals surface area (Å²) in [7, 11) is 0. The maximum absolute atomic E-state index is 10.6. The molecule has 0 fully saturated rings. The molecule has 1 aromatic rings. The Morgan fingerprint density at radius 3 is 3.00 bits per heavy atom. The highest BCUT2D eigenvalue weighted by atomic mass is 32.2. The Hall–Kier alpha value is -0.940. The fourth-order valence-corrected chi connectivity index (χ4v) is 1.66. The van der Waals surface area contributed by atoms with E-state index in [1.54, 1.807) is 6.26 Å². The van der Waals surface area contributed by atoms with Gasteiger partial charge in [0.25, 0.3) is 0 Å². The van der Waals surface area contributed by atoms with Crippen LogP contribution in [0.2, 0.25) is 0 Å². The Morgan fingerprint density at radius 2 is 2.46 bits per heavy atom. The number of hydrogen-bond donors (Lipinski definition) is 2. The Balaban J connectivity index is 2.18. The van der Waals surface area contributed by atoms with Crippen molar-refractivity contribution in [2.75, 3.05) is 5.75 Å². The van der Waals surface area contributed by atoms with E-state index in [4.69, 9.17) is 15.9 Å². The van der Waals surface area contributed by atoms with Crippen molar-refractivity contribution in [3.8, 4) is 0 Å². The molecule has 1 atom stereocenters. The average Bonchev–Trinajstić information content (AvgIpc) is 2.56. The Bertz CT molecular complexity index is 261. The van der Waals surface area contributed by atoms with Gasteiger partial charge in [0.15, 0.2) is 0 Å². The molecule has 0 aliphatic rings. The second kappa shape index (κ2) is 4.94. The standard InChI is InChI=1S/C8H12N2O2S/c9-7(8(10)11)5-13-4-6-2-1-3-12-6/h1-3,7H,4-5,9H2,(H2,10,11). The molecule has 1 amide bonds. The van der Waals surface area contributed by atoms with Gasteiger partial charge in [-0.3, -0.25) is 4.79 Å².